The first-order valence-electron chi connectivity index (χ1n) is 5.37. The third-order valence-electron chi connectivity index (χ3n) is 2.37. The molecule has 1 rings (SSSR count). The van der Waals surface area contributed by atoms with Crippen LogP contribution in [0.3, 0.4) is 0 Å². The second-order valence-corrected chi connectivity index (χ2v) is 6.25. The minimum atomic E-state index is -3.32. The summed E-state index contributed by atoms with van der Waals surface area (Å²) >= 11 is 0. The molecule has 0 aromatic heterocycles. The molecule has 0 saturated carbocycles. The minimum Gasteiger partial charge on any atom is -0.350 e. The summed E-state index contributed by atoms with van der Waals surface area (Å²) in [7, 11) is -0.467. The Morgan fingerprint density at radius 3 is 2.61 bits per heavy atom. The van der Waals surface area contributed by atoms with Crippen LogP contribution in [0.25, 0.3) is 0 Å². The summed E-state index contributed by atoms with van der Waals surface area (Å²) in [5.41, 5.74) is 2.41. The van der Waals surface area contributed by atoms with E-state index in [1.54, 1.807) is 0 Å². The highest BCUT2D eigenvalue weighted by Crippen LogP contribution is 1.99. The Balaban J connectivity index is 2.41. The Bertz CT molecular complexity index is 469. The van der Waals surface area contributed by atoms with Crippen LogP contribution < -0.4 is 10.7 Å². The van der Waals surface area contributed by atoms with Crippen LogP contribution in [0, 0.1) is 0 Å². The standard InChI is InChI=1S/C9H16N4O4S/c1-13(2)18(16,17)6-5-10-9(15)7-3-4-8(14)12-11-7/h3-6H2,1-2H3,(H,10,15)(H,12,14). The van der Waals surface area contributed by atoms with E-state index >= 15 is 0 Å². The summed E-state index contributed by atoms with van der Waals surface area (Å²) in [6, 6.07) is 0. The molecule has 2 amide bonds. The van der Waals surface area contributed by atoms with Gasteiger partial charge < -0.3 is 5.32 Å². The number of hydrogen-bond donors (Lipinski definition) is 2. The number of rotatable bonds is 5. The largest absolute Gasteiger partial charge is 0.350 e. The molecule has 0 aliphatic carbocycles. The van der Waals surface area contributed by atoms with E-state index in [-0.39, 0.29) is 36.8 Å². The SMILES string of the molecule is CN(C)S(=O)(=O)CCNC(=O)C1=NNC(=O)CC1. The molecule has 2 N–H and O–H groups in total. The second-order valence-electron chi connectivity index (χ2n) is 3.95. The molecule has 1 heterocycles. The van der Waals surface area contributed by atoms with Gasteiger partial charge in [-0.05, 0) is 0 Å². The minimum absolute atomic E-state index is 0.00626. The third-order valence-corrected chi connectivity index (χ3v) is 4.20. The first-order chi connectivity index (χ1) is 8.33. The maximum absolute atomic E-state index is 11.6. The van der Waals surface area contributed by atoms with Crippen molar-refractivity contribution in [2.75, 3.05) is 26.4 Å². The van der Waals surface area contributed by atoms with Gasteiger partial charge in [-0.2, -0.15) is 5.10 Å². The molecule has 0 aromatic rings. The van der Waals surface area contributed by atoms with Gasteiger partial charge in [0.2, 0.25) is 15.9 Å². The van der Waals surface area contributed by atoms with Gasteiger partial charge in [-0.25, -0.2) is 18.1 Å². The summed E-state index contributed by atoms with van der Waals surface area (Å²) < 4.78 is 23.9. The third kappa shape index (κ3) is 4.08. The maximum atomic E-state index is 11.6. The fraction of sp³-hybridized carbons (Fsp3) is 0.667. The number of nitrogens with one attached hydrogen (secondary N) is 2. The number of carbonyl (C=O) groups is 2. The summed E-state index contributed by atoms with van der Waals surface area (Å²) in [6.07, 6.45) is 0.473. The average Bonchev–Trinajstić information content (AvgIpc) is 2.29. The predicted molar refractivity (Wildman–Crippen MR) is 65.3 cm³/mol. The number of amides is 2. The van der Waals surface area contributed by atoms with Crippen molar-refractivity contribution in [2.24, 2.45) is 5.10 Å². The maximum Gasteiger partial charge on any atom is 0.267 e. The predicted octanol–water partition coefficient (Wildman–Crippen LogP) is -1.74. The number of hydrazone groups is 1. The molecule has 1 aliphatic rings. The van der Waals surface area contributed by atoms with E-state index in [1.165, 1.54) is 14.1 Å². The zero-order chi connectivity index (χ0) is 13.8. The van der Waals surface area contributed by atoms with E-state index in [0.717, 1.165) is 4.31 Å². The van der Waals surface area contributed by atoms with Crippen LogP contribution in [0.2, 0.25) is 0 Å². The first-order valence-corrected chi connectivity index (χ1v) is 6.97. The van der Waals surface area contributed by atoms with Crippen molar-refractivity contribution in [3.8, 4) is 0 Å². The van der Waals surface area contributed by atoms with Crippen molar-refractivity contribution >= 4 is 27.5 Å². The topological polar surface area (TPSA) is 108 Å². The fourth-order valence-corrected chi connectivity index (χ4v) is 1.94. The summed E-state index contributed by atoms with van der Waals surface area (Å²) in [5.74, 6) is -0.864. The molecule has 0 saturated heterocycles. The van der Waals surface area contributed by atoms with Gasteiger partial charge in [0.05, 0.1) is 5.75 Å². The molecule has 18 heavy (non-hydrogen) atoms. The van der Waals surface area contributed by atoms with Crippen LogP contribution in [0.4, 0.5) is 0 Å². The molecular formula is C9H16N4O4S. The zero-order valence-corrected chi connectivity index (χ0v) is 11.1. The van der Waals surface area contributed by atoms with Gasteiger partial charge in [-0.15, -0.1) is 0 Å². The molecule has 0 spiro atoms. The molecule has 9 heteroatoms. The smallest absolute Gasteiger partial charge is 0.267 e. The molecule has 0 unspecified atom stereocenters. The van der Waals surface area contributed by atoms with Gasteiger partial charge in [-0.3, -0.25) is 9.59 Å². The van der Waals surface area contributed by atoms with Gasteiger partial charge >= 0.3 is 0 Å². The van der Waals surface area contributed by atoms with Crippen LogP contribution >= 0.6 is 0 Å². The molecule has 8 nitrogen and oxygen atoms in total. The lowest BCUT2D eigenvalue weighted by Gasteiger charge is -2.13. The lowest BCUT2D eigenvalue weighted by molar-refractivity contribution is -0.121. The van der Waals surface area contributed by atoms with Crippen molar-refractivity contribution in [3.63, 3.8) is 0 Å². The van der Waals surface area contributed by atoms with Crippen molar-refractivity contribution in [1.29, 1.82) is 0 Å². The number of carbonyl (C=O) groups excluding carboxylic acids is 2. The Hall–Kier alpha value is -1.48. The summed E-state index contributed by atoms with van der Waals surface area (Å²) in [5, 5.41) is 6.06. The molecule has 0 aromatic carbocycles. The quantitative estimate of drug-likeness (QED) is 0.621. The second kappa shape index (κ2) is 5.91. The van der Waals surface area contributed by atoms with E-state index in [0.29, 0.717) is 0 Å². The Labute approximate surface area is 105 Å². The van der Waals surface area contributed by atoms with E-state index in [9.17, 15) is 18.0 Å². The highest BCUT2D eigenvalue weighted by molar-refractivity contribution is 7.89. The Kier molecular flexibility index (Phi) is 4.79. The molecule has 0 bridgehead atoms. The van der Waals surface area contributed by atoms with Crippen molar-refractivity contribution < 1.29 is 18.0 Å². The zero-order valence-electron chi connectivity index (χ0n) is 10.3. The lowest BCUT2D eigenvalue weighted by Crippen LogP contribution is -2.39. The van der Waals surface area contributed by atoms with Crippen LogP contribution in [0.1, 0.15) is 12.8 Å². The van der Waals surface area contributed by atoms with Crippen molar-refractivity contribution in [3.05, 3.63) is 0 Å². The van der Waals surface area contributed by atoms with E-state index < -0.39 is 15.9 Å². The highest BCUT2D eigenvalue weighted by Gasteiger charge is 2.19. The van der Waals surface area contributed by atoms with Crippen LogP contribution in [-0.2, 0) is 19.6 Å². The first kappa shape index (κ1) is 14.6. The van der Waals surface area contributed by atoms with E-state index in [2.05, 4.69) is 15.8 Å². The molecule has 0 radical (unpaired) electrons. The molecular weight excluding hydrogens is 260 g/mol. The van der Waals surface area contributed by atoms with Crippen molar-refractivity contribution in [2.45, 2.75) is 12.8 Å². The number of nitrogens with zero attached hydrogens (tertiary/aromatic N) is 2. The summed E-state index contributed by atoms with van der Waals surface area (Å²) in [4.78, 5) is 22.4. The number of hydrogen-bond acceptors (Lipinski definition) is 5. The molecule has 1 aliphatic heterocycles. The van der Waals surface area contributed by atoms with Crippen LogP contribution in [0.15, 0.2) is 5.10 Å². The normalized spacial score (nSPS) is 16.2. The van der Waals surface area contributed by atoms with Gasteiger partial charge in [0.15, 0.2) is 0 Å². The van der Waals surface area contributed by atoms with Crippen molar-refractivity contribution in [1.82, 2.24) is 15.0 Å². The Morgan fingerprint density at radius 2 is 2.11 bits per heavy atom. The highest BCUT2D eigenvalue weighted by atomic mass is 32.2. The fourth-order valence-electron chi connectivity index (χ4n) is 1.22. The average molecular weight is 276 g/mol. The van der Waals surface area contributed by atoms with Gasteiger partial charge in [-0.1, -0.05) is 0 Å². The van der Waals surface area contributed by atoms with E-state index in [4.69, 9.17) is 0 Å². The van der Waals surface area contributed by atoms with E-state index in [1.807, 2.05) is 0 Å². The van der Waals surface area contributed by atoms with Crippen LogP contribution in [-0.4, -0.2) is 56.6 Å². The molecule has 0 atom stereocenters. The Morgan fingerprint density at radius 1 is 1.44 bits per heavy atom. The monoisotopic (exact) mass is 276 g/mol. The van der Waals surface area contributed by atoms with Crippen LogP contribution in [0.5, 0.6) is 0 Å². The lowest BCUT2D eigenvalue weighted by atomic mass is 10.2. The molecule has 102 valence electrons. The molecule has 0 fully saturated rings. The summed E-state index contributed by atoms with van der Waals surface area (Å²) in [6.45, 7) is 0.00626. The van der Waals surface area contributed by atoms with Gasteiger partial charge in [0.25, 0.3) is 5.91 Å². The van der Waals surface area contributed by atoms with Gasteiger partial charge in [0, 0.05) is 33.5 Å². The number of sulfonamides is 1. The van der Waals surface area contributed by atoms with Gasteiger partial charge in [0.1, 0.15) is 5.71 Å².